The van der Waals surface area contributed by atoms with Crippen LogP contribution >= 0.6 is 0 Å². The molecule has 4 nitrogen and oxygen atoms in total. The summed E-state index contributed by atoms with van der Waals surface area (Å²) in [6.45, 7) is 2.78. The molecule has 1 saturated heterocycles. The number of ether oxygens (including phenoxy) is 1. The first kappa shape index (κ1) is 14.9. The second-order valence-corrected chi connectivity index (χ2v) is 5.40. The minimum Gasteiger partial charge on any atom is -0.496 e. The Balaban J connectivity index is 1.79. The van der Waals surface area contributed by atoms with Crippen LogP contribution in [0.15, 0.2) is 24.3 Å². The highest BCUT2D eigenvalue weighted by Gasteiger charge is 2.23. The fourth-order valence-corrected chi connectivity index (χ4v) is 2.70. The maximum absolute atomic E-state index is 12.1. The van der Waals surface area contributed by atoms with Crippen LogP contribution in [0.1, 0.15) is 31.7 Å². The molecule has 1 amide bonds. The number of rotatable bonds is 5. The Morgan fingerprint density at radius 3 is 2.95 bits per heavy atom. The average Bonchev–Trinajstić information content (AvgIpc) is 2.47. The van der Waals surface area contributed by atoms with E-state index in [9.17, 15) is 4.79 Å². The summed E-state index contributed by atoms with van der Waals surface area (Å²) in [5, 5.41) is 6.37. The third kappa shape index (κ3) is 3.97. The van der Waals surface area contributed by atoms with Gasteiger partial charge in [-0.2, -0.15) is 0 Å². The number of piperidine rings is 1. The Hall–Kier alpha value is -1.55. The molecule has 0 aromatic heterocycles. The zero-order valence-electron chi connectivity index (χ0n) is 12.3. The van der Waals surface area contributed by atoms with E-state index in [4.69, 9.17) is 4.74 Å². The van der Waals surface area contributed by atoms with Crippen LogP contribution in [0.4, 0.5) is 0 Å². The lowest BCUT2D eigenvalue weighted by atomic mass is 9.99. The van der Waals surface area contributed by atoms with Crippen molar-refractivity contribution in [2.45, 2.75) is 44.7 Å². The van der Waals surface area contributed by atoms with Crippen molar-refractivity contribution in [2.75, 3.05) is 13.7 Å². The summed E-state index contributed by atoms with van der Waals surface area (Å²) in [4.78, 5) is 12.1. The van der Waals surface area contributed by atoms with Crippen molar-refractivity contribution in [3.05, 3.63) is 29.8 Å². The summed E-state index contributed by atoms with van der Waals surface area (Å²) in [5.41, 5.74) is 1.13. The summed E-state index contributed by atoms with van der Waals surface area (Å²) in [6, 6.07) is 8.33. The van der Waals surface area contributed by atoms with Crippen LogP contribution in [0, 0.1) is 0 Å². The number of nitrogens with one attached hydrogen (secondary N) is 2. The minimum atomic E-state index is -0.0311. The molecule has 1 aliphatic heterocycles. The van der Waals surface area contributed by atoms with Gasteiger partial charge in [0.1, 0.15) is 5.75 Å². The number of amides is 1. The summed E-state index contributed by atoms with van der Waals surface area (Å²) in [7, 11) is 1.67. The van der Waals surface area contributed by atoms with Gasteiger partial charge in [-0.1, -0.05) is 18.2 Å². The van der Waals surface area contributed by atoms with Gasteiger partial charge >= 0.3 is 0 Å². The Morgan fingerprint density at radius 1 is 1.40 bits per heavy atom. The van der Waals surface area contributed by atoms with Gasteiger partial charge in [0.25, 0.3) is 0 Å². The lowest BCUT2D eigenvalue weighted by Crippen LogP contribution is -2.50. The third-order valence-electron chi connectivity index (χ3n) is 3.82. The quantitative estimate of drug-likeness (QED) is 0.863. The van der Waals surface area contributed by atoms with Crippen molar-refractivity contribution >= 4 is 5.91 Å². The van der Waals surface area contributed by atoms with E-state index < -0.39 is 0 Å². The molecule has 20 heavy (non-hydrogen) atoms. The van der Waals surface area contributed by atoms with Gasteiger partial charge in [-0.15, -0.1) is 0 Å². The number of hydrogen-bond acceptors (Lipinski definition) is 3. The molecule has 0 saturated carbocycles. The highest BCUT2D eigenvalue weighted by atomic mass is 16.5. The van der Waals surface area contributed by atoms with Crippen molar-refractivity contribution in [3.8, 4) is 5.75 Å². The van der Waals surface area contributed by atoms with E-state index in [-0.39, 0.29) is 11.9 Å². The molecule has 0 radical (unpaired) electrons. The SMILES string of the molecule is COc1ccccc1CCNC(=O)C1CCCC(C)N1. The number of hydrogen-bond donors (Lipinski definition) is 2. The van der Waals surface area contributed by atoms with Gasteiger partial charge in [0, 0.05) is 12.6 Å². The molecule has 4 heteroatoms. The maximum atomic E-state index is 12.1. The van der Waals surface area contributed by atoms with E-state index >= 15 is 0 Å². The minimum absolute atomic E-state index is 0.0311. The fourth-order valence-electron chi connectivity index (χ4n) is 2.70. The molecular formula is C16H24N2O2. The first-order valence-electron chi connectivity index (χ1n) is 7.36. The maximum Gasteiger partial charge on any atom is 0.237 e. The van der Waals surface area contributed by atoms with Gasteiger partial charge in [0.15, 0.2) is 0 Å². The van der Waals surface area contributed by atoms with Crippen molar-refractivity contribution < 1.29 is 9.53 Å². The van der Waals surface area contributed by atoms with Crippen LogP contribution in [0.3, 0.4) is 0 Å². The predicted molar refractivity (Wildman–Crippen MR) is 79.9 cm³/mol. The molecule has 1 fully saturated rings. The third-order valence-corrected chi connectivity index (χ3v) is 3.82. The van der Waals surface area contributed by atoms with Crippen molar-refractivity contribution in [1.29, 1.82) is 0 Å². The Labute approximate surface area is 120 Å². The lowest BCUT2D eigenvalue weighted by molar-refractivity contribution is -0.123. The normalized spacial score (nSPS) is 22.3. The topological polar surface area (TPSA) is 50.4 Å². The summed E-state index contributed by atoms with van der Waals surface area (Å²) in [6.07, 6.45) is 4.01. The summed E-state index contributed by atoms with van der Waals surface area (Å²) in [5.74, 6) is 0.998. The number of para-hydroxylation sites is 1. The second kappa shape index (κ2) is 7.29. The number of methoxy groups -OCH3 is 1. The average molecular weight is 276 g/mol. The zero-order valence-corrected chi connectivity index (χ0v) is 12.3. The molecule has 1 aromatic carbocycles. The van der Waals surface area contributed by atoms with Gasteiger partial charge in [-0.3, -0.25) is 4.79 Å². The molecule has 0 spiro atoms. The molecule has 2 unspecified atom stereocenters. The van der Waals surface area contributed by atoms with E-state index in [1.54, 1.807) is 7.11 Å². The molecule has 1 aliphatic rings. The van der Waals surface area contributed by atoms with E-state index in [0.29, 0.717) is 12.6 Å². The Morgan fingerprint density at radius 2 is 2.20 bits per heavy atom. The van der Waals surface area contributed by atoms with Crippen molar-refractivity contribution in [2.24, 2.45) is 0 Å². The van der Waals surface area contributed by atoms with Crippen molar-refractivity contribution in [3.63, 3.8) is 0 Å². The number of carbonyl (C=O) groups is 1. The van der Waals surface area contributed by atoms with E-state index in [2.05, 4.69) is 17.6 Å². The van der Waals surface area contributed by atoms with Gasteiger partial charge in [-0.25, -0.2) is 0 Å². The summed E-state index contributed by atoms with van der Waals surface area (Å²) >= 11 is 0. The van der Waals surface area contributed by atoms with E-state index in [0.717, 1.165) is 37.0 Å². The zero-order chi connectivity index (χ0) is 14.4. The van der Waals surface area contributed by atoms with E-state index in [1.807, 2.05) is 24.3 Å². The van der Waals surface area contributed by atoms with Gasteiger partial charge in [0.2, 0.25) is 5.91 Å². The first-order valence-corrected chi connectivity index (χ1v) is 7.36. The highest BCUT2D eigenvalue weighted by molar-refractivity contribution is 5.81. The second-order valence-electron chi connectivity index (χ2n) is 5.40. The Kier molecular flexibility index (Phi) is 5.41. The standard InChI is InChI=1S/C16H24N2O2/c1-12-6-5-8-14(18-12)16(19)17-11-10-13-7-3-4-9-15(13)20-2/h3-4,7,9,12,14,18H,5-6,8,10-11H2,1-2H3,(H,17,19). The van der Waals surface area contributed by atoms with Gasteiger partial charge in [0.05, 0.1) is 13.2 Å². The molecule has 2 atom stereocenters. The van der Waals surface area contributed by atoms with Gasteiger partial charge < -0.3 is 15.4 Å². The molecular weight excluding hydrogens is 252 g/mol. The largest absolute Gasteiger partial charge is 0.496 e. The molecule has 1 aromatic rings. The Bertz CT molecular complexity index is 448. The lowest BCUT2D eigenvalue weighted by Gasteiger charge is -2.27. The predicted octanol–water partition coefficient (Wildman–Crippen LogP) is 1.88. The van der Waals surface area contributed by atoms with Crippen LogP contribution in [0.2, 0.25) is 0 Å². The summed E-state index contributed by atoms with van der Waals surface area (Å²) < 4.78 is 5.31. The highest BCUT2D eigenvalue weighted by Crippen LogP contribution is 2.17. The van der Waals surface area contributed by atoms with Crippen LogP contribution in [0.5, 0.6) is 5.75 Å². The molecule has 0 bridgehead atoms. The van der Waals surface area contributed by atoms with Gasteiger partial charge in [-0.05, 0) is 44.2 Å². The molecule has 2 N–H and O–H groups in total. The fraction of sp³-hybridized carbons (Fsp3) is 0.562. The molecule has 110 valence electrons. The smallest absolute Gasteiger partial charge is 0.237 e. The first-order chi connectivity index (χ1) is 9.70. The van der Waals surface area contributed by atoms with Crippen LogP contribution in [-0.4, -0.2) is 31.6 Å². The van der Waals surface area contributed by atoms with Crippen LogP contribution in [-0.2, 0) is 11.2 Å². The molecule has 2 rings (SSSR count). The number of benzene rings is 1. The molecule has 0 aliphatic carbocycles. The van der Waals surface area contributed by atoms with Crippen LogP contribution < -0.4 is 15.4 Å². The number of carbonyl (C=O) groups excluding carboxylic acids is 1. The van der Waals surface area contributed by atoms with E-state index in [1.165, 1.54) is 0 Å². The molecule has 1 heterocycles. The van der Waals surface area contributed by atoms with Crippen LogP contribution in [0.25, 0.3) is 0 Å². The van der Waals surface area contributed by atoms with Crippen molar-refractivity contribution in [1.82, 2.24) is 10.6 Å². The monoisotopic (exact) mass is 276 g/mol.